The van der Waals surface area contributed by atoms with E-state index in [0.717, 1.165) is 5.69 Å². The SMILES string of the molecule is COC(=O)c1c(C)oc(-c2ccc(OC)c(Nc3ccccc3)c2)c1C(=O)c1ccc(OC)cc1. The molecule has 4 aromatic rings. The number of furan rings is 1. The van der Waals surface area contributed by atoms with Crippen molar-refractivity contribution in [2.24, 2.45) is 0 Å². The molecule has 1 aromatic heterocycles. The molecule has 0 aliphatic carbocycles. The lowest BCUT2D eigenvalue weighted by Gasteiger charge is -2.13. The summed E-state index contributed by atoms with van der Waals surface area (Å²) < 4.78 is 21.7. The zero-order valence-electron chi connectivity index (χ0n) is 19.9. The van der Waals surface area contributed by atoms with Crippen LogP contribution in [0.25, 0.3) is 11.3 Å². The number of carbonyl (C=O) groups is 2. The molecule has 35 heavy (non-hydrogen) atoms. The normalized spacial score (nSPS) is 10.5. The first kappa shape index (κ1) is 23.6. The van der Waals surface area contributed by atoms with Gasteiger partial charge in [0, 0.05) is 16.8 Å². The number of aryl methyl sites for hydroxylation is 1. The first-order valence-corrected chi connectivity index (χ1v) is 10.9. The van der Waals surface area contributed by atoms with Crippen LogP contribution in [0, 0.1) is 6.92 Å². The minimum atomic E-state index is -0.648. The highest BCUT2D eigenvalue weighted by Gasteiger charge is 2.30. The third-order valence-electron chi connectivity index (χ3n) is 5.57. The Balaban J connectivity index is 1.86. The standard InChI is InChI=1S/C28H25NO6/c1-17-24(28(31)34-4)25(26(30)18-10-13-21(32-2)14-11-18)27(35-17)19-12-15-23(33-3)22(16-19)29-20-8-6-5-7-9-20/h5-16,29H,1-4H3. The predicted molar refractivity (Wildman–Crippen MR) is 133 cm³/mol. The summed E-state index contributed by atoms with van der Waals surface area (Å²) in [5.74, 6) is 0.764. The molecule has 0 unspecified atom stereocenters. The Kier molecular flexibility index (Phi) is 6.87. The molecule has 178 valence electrons. The van der Waals surface area contributed by atoms with Crippen LogP contribution in [0.5, 0.6) is 11.5 Å². The molecule has 0 saturated heterocycles. The minimum Gasteiger partial charge on any atom is -0.497 e. The number of benzene rings is 3. The predicted octanol–water partition coefficient (Wildman–Crippen LogP) is 6.03. The van der Waals surface area contributed by atoms with E-state index in [0.29, 0.717) is 28.3 Å². The van der Waals surface area contributed by atoms with E-state index >= 15 is 0 Å². The summed E-state index contributed by atoms with van der Waals surface area (Å²) in [5, 5.41) is 3.32. The molecule has 0 bridgehead atoms. The zero-order chi connectivity index (χ0) is 24.9. The van der Waals surface area contributed by atoms with E-state index in [-0.39, 0.29) is 28.4 Å². The molecule has 0 radical (unpaired) electrons. The van der Waals surface area contributed by atoms with Crippen molar-refractivity contribution >= 4 is 23.1 Å². The molecule has 7 heteroatoms. The molecule has 0 aliphatic heterocycles. The van der Waals surface area contributed by atoms with Gasteiger partial charge in [0.2, 0.25) is 0 Å². The summed E-state index contributed by atoms with van der Waals surface area (Å²) in [4.78, 5) is 26.3. The Morgan fingerprint density at radius 2 is 1.54 bits per heavy atom. The van der Waals surface area contributed by atoms with E-state index in [9.17, 15) is 9.59 Å². The van der Waals surface area contributed by atoms with Gasteiger partial charge in [-0.25, -0.2) is 4.79 Å². The number of hydrogen-bond acceptors (Lipinski definition) is 7. The number of nitrogens with one attached hydrogen (secondary N) is 1. The Bertz CT molecular complexity index is 1360. The fourth-order valence-electron chi connectivity index (χ4n) is 3.82. The Morgan fingerprint density at radius 1 is 0.829 bits per heavy atom. The summed E-state index contributed by atoms with van der Waals surface area (Å²) in [5.41, 5.74) is 2.75. The molecule has 3 aromatic carbocycles. The summed E-state index contributed by atoms with van der Waals surface area (Å²) in [7, 11) is 4.40. The van der Waals surface area contributed by atoms with E-state index in [2.05, 4.69) is 5.32 Å². The first-order valence-electron chi connectivity index (χ1n) is 10.9. The number of ketones is 1. The van der Waals surface area contributed by atoms with Crippen molar-refractivity contribution in [3.05, 3.63) is 95.2 Å². The molecule has 1 N–H and O–H groups in total. The second kappa shape index (κ2) is 10.2. The van der Waals surface area contributed by atoms with E-state index in [1.807, 2.05) is 36.4 Å². The van der Waals surface area contributed by atoms with Crippen LogP contribution >= 0.6 is 0 Å². The van der Waals surface area contributed by atoms with Crippen molar-refractivity contribution in [1.82, 2.24) is 0 Å². The van der Waals surface area contributed by atoms with Crippen molar-refractivity contribution in [3.8, 4) is 22.8 Å². The van der Waals surface area contributed by atoms with Gasteiger partial charge in [0.25, 0.3) is 0 Å². The maximum Gasteiger partial charge on any atom is 0.342 e. The summed E-state index contributed by atoms with van der Waals surface area (Å²) >= 11 is 0. The Hall–Kier alpha value is -4.52. The zero-order valence-corrected chi connectivity index (χ0v) is 19.9. The van der Waals surface area contributed by atoms with Crippen LogP contribution in [0.15, 0.2) is 77.2 Å². The van der Waals surface area contributed by atoms with Gasteiger partial charge in [-0.15, -0.1) is 0 Å². The van der Waals surface area contributed by atoms with E-state index in [1.165, 1.54) is 7.11 Å². The highest BCUT2D eigenvalue weighted by Crippen LogP contribution is 2.38. The topological polar surface area (TPSA) is 87.0 Å². The van der Waals surface area contributed by atoms with Gasteiger partial charge in [-0.3, -0.25) is 4.79 Å². The monoisotopic (exact) mass is 471 g/mol. The molecule has 0 spiro atoms. The van der Waals surface area contributed by atoms with Gasteiger partial charge in [-0.2, -0.15) is 0 Å². The quantitative estimate of drug-likeness (QED) is 0.248. The maximum absolute atomic E-state index is 13.6. The van der Waals surface area contributed by atoms with Gasteiger partial charge < -0.3 is 23.9 Å². The van der Waals surface area contributed by atoms with Crippen molar-refractivity contribution in [1.29, 1.82) is 0 Å². The number of methoxy groups -OCH3 is 3. The average molecular weight is 472 g/mol. The number of esters is 1. The highest BCUT2D eigenvalue weighted by atomic mass is 16.5. The van der Waals surface area contributed by atoms with Crippen LogP contribution in [-0.4, -0.2) is 33.1 Å². The van der Waals surface area contributed by atoms with Crippen molar-refractivity contribution in [2.45, 2.75) is 6.92 Å². The van der Waals surface area contributed by atoms with Crippen molar-refractivity contribution in [2.75, 3.05) is 26.6 Å². The second-order valence-electron chi connectivity index (χ2n) is 7.69. The van der Waals surface area contributed by atoms with Gasteiger partial charge in [-0.05, 0) is 61.5 Å². The molecular formula is C28H25NO6. The number of carbonyl (C=O) groups excluding carboxylic acids is 2. The van der Waals surface area contributed by atoms with Crippen LogP contribution in [0.2, 0.25) is 0 Å². The number of ether oxygens (including phenoxy) is 3. The van der Waals surface area contributed by atoms with Gasteiger partial charge in [0.15, 0.2) is 5.78 Å². The first-order chi connectivity index (χ1) is 17.0. The third kappa shape index (κ3) is 4.75. The number of para-hydroxylation sites is 1. The molecule has 0 fully saturated rings. The van der Waals surface area contributed by atoms with Crippen LogP contribution in [0.4, 0.5) is 11.4 Å². The highest BCUT2D eigenvalue weighted by molar-refractivity contribution is 6.18. The lowest BCUT2D eigenvalue weighted by atomic mass is 9.95. The Labute approximate surface area is 203 Å². The molecule has 1 heterocycles. The summed E-state index contributed by atoms with van der Waals surface area (Å²) in [6, 6.07) is 21.7. The van der Waals surface area contributed by atoms with Gasteiger partial charge in [-0.1, -0.05) is 18.2 Å². The van der Waals surface area contributed by atoms with Crippen LogP contribution in [0.3, 0.4) is 0 Å². The van der Waals surface area contributed by atoms with E-state index in [4.69, 9.17) is 18.6 Å². The largest absolute Gasteiger partial charge is 0.497 e. The van der Waals surface area contributed by atoms with Crippen molar-refractivity contribution in [3.63, 3.8) is 0 Å². The molecule has 0 amide bonds. The van der Waals surface area contributed by atoms with Gasteiger partial charge in [0.05, 0.1) is 32.6 Å². The van der Waals surface area contributed by atoms with Crippen LogP contribution < -0.4 is 14.8 Å². The summed E-state index contributed by atoms with van der Waals surface area (Å²) in [6.45, 7) is 1.63. The molecule has 7 nitrogen and oxygen atoms in total. The van der Waals surface area contributed by atoms with E-state index < -0.39 is 5.97 Å². The van der Waals surface area contributed by atoms with Gasteiger partial charge >= 0.3 is 5.97 Å². The molecule has 0 aliphatic rings. The number of anilines is 2. The van der Waals surface area contributed by atoms with Crippen LogP contribution in [0.1, 0.15) is 32.0 Å². The molecule has 4 rings (SSSR count). The molecule has 0 saturated carbocycles. The molecule has 0 atom stereocenters. The fraction of sp³-hybridized carbons (Fsp3) is 0.143. The summed E-state index contributed by atoms with van der Waals surface area (Å²) in [6.07, 6.45) is 0. The maximum atomic E-state index is 13.6. The average Bonchev–Trinajstić information content (AvgIpc) is 3.25. The van der Waals surface area contributed by atoms with E-state index in [1.54, 1.807) is 57.5 Å². The fourth-order valence-corrected chi connectivity index (χ4v) is 3.82. The minimum absolute atomic E-state index is 0.0942. The molecular weight excluding hydrogens is 446 g/mol. The number of rotatable bonds is 8. The van der Waals surface area contributed by atoms with Crippen molar-refractivity contribution < 1.29 is 28.2 Å². The van der Waals surface area contributed by atoms with Gasteiger partial charge in [0.1, 0.15) is 28.6 Å². The second-order valence-corrected chi connectivity index (χ2v) is 7.69. The third-order valence-corrected chi connectivity index (χ3v) is 5.57. The van der Waals surface area contributed by atoms with Crippen LogP contribution in [-0.2, 0) is 4.74 Å². The lowest BCUT2D eigenvalue weighted by Crippen LogP contribution is -2.11. The smallest absolute Gasteiger partial charge is 0.342 e. The number of hydrogen-bond donors (Lipinski definition) is 1. The lowest BCUT2D eigenvalue weighted by molar-refractivity contribution is 0.0596. The Morgan fingerprint density at radius 3 is 2.17 bits per heavy atom.